The van der Waals surface area contributed by atoms with Crippen LogP contribution in [-0.2, 0) is 4.79 Å². The van der Waals surface area contributed by atoms with Gasteiger partial charge >= 0.3 is 0 Å². The van der Waals surface area contributed by atoms with Gasteiger partial charge in [-0.2, -0.15) is 0 Å². The van der Waals surface area contributed by atoms with E-state index in [-0.39, 0.29) is 11.5 Å². The Balaban J connectivity index is 1.66. The van der Waals surface area contributed by atoms with E-state index in [1.165, 1.54) is 22.7 Å². The van der Waals surface area contributed by atoms with Crippen LogP contribution < -0.4 is 20.2 Å². The van der Waals surface area contributed by atoms with Gasteiger partial charge in [-0.3, -0.25) is 14.2 Å². The van der Waals surface area contributed by atoms with Crippen molar-refractivity contribution < 1.29 is 4.79 Å². The third kappa shape index (κ3) is 3.70. The highest BCUT2D eigenvalue weighted by Crippen LogP contribution is 2.33. The Morgan fingerprint density at radius 1 is 1.06 bits per heavy atom. The molecule has 32 heavy (non-hydrogen) atoms. The van der Waals surface area contributed by atoms with Crippen molar-refractivity contribution in [2.24, 2.45) is 4.99 Å². The first-order valence-corrected chi connectivity index (χ1v) is 12.6. The summed E-state index contributed by atoms with van der Waals surface area (Å²) >= 11 is 4.47. The normalized spacial score (nSPS) is 16.1. The Bertz CT molecular complexity index is 1510. The van der Waals surface area contributed by atoms with Crippen LogP contribution in [0, 0.1) is 6.92 Å². The molecule has 0 radical (unpaired) electrons. The van der Waals surface area contributed by atoms with Crippen LogP contribution in [0.4, 0.5) is 5.69 Å². The molecular formula is C24H19N3O2S3. The van der Waals surface area contributed by atoms with Crippen LogP contribution >= 0.6 is 34.0 Å². The summed E-state index contributed by atoms with van der Waals surface area (Å²) < 4.78 is 2.27. The third-order valence-electron chi connectivity index (χ3n) is 5.29. The summed E-state index contributed by atoms with van der Waals surface area (Å²) in [4.78, 5) is 34.2. The van der Waals surface area contributed by atoms with E-state index in [0.29, 0.717) is 20.6 Å². The number of amides is 1. The first-order chi connectivity index (χ1) is 15.5. The first kappa shape index (κ1) is 20.8. The number of thiazole rings is 1. The van der Waals surface area contributed by atoms with E-state index in [2.05, 4.69) is 10.3 Å². The molecule has 4 aromatic rings. The Morgan fingerprint density at radius 2 is 1.84 bits per heavy atom. The summed E-state index contributed by atoms with van der Waals surface area (Å²) in [7, 11) is 0. The number of nitrogens with one attached hydrogen (secondary N) is 1. The lowest BCUT2D eigenvalue weighted by Gasteiger charge is -2.24. The summed E-state index contributed by atoms with van der Waals surface area (Å²) in [6.07, 6.45) is 1.90. The maximum atomic E-state index is 13.5. The number of aryl methyl sites for hydroxylation is 1. The molecule has 0 bridgehead atoms. The molecule has 1 amide bonds. The monoisotopic (exact) mass is 477 g/mol. The molecule has 1 atom stereocenters. The van der Waals surface area contributed by atoms with Gasteiger partial charge in [0.2, 0.25) is 0 Å². The van der Waals surface area contributed by atoms with Gasteiger partial charge in [-0.15, -0.1) is 22.7 Å². The highest BCUT2D eigenvalue weighted by Gasteiger charge is 2.33. The van der Waals surface area contributed by atoms with Crippen molar-refractivity contribution in [3.8, 4) is 0 Å². The number of rotatable bonds is 4. The zero-order valence-electron chi connectivity index (χ0n) is 17.4. The second-order valence-electron chi connectivity index (χ2n) is 7.38. The fraction of sp³-hybridized carbons (Fsp3) is 0.125. The Hall–Kier alpha value is -3.07. The van der Waals surface area contributed by atoms with E-state index in [0.717, 1.165) is 21.0 Å². The predicted molar refractivity (Wildman–Crippen MR) is 132 cm³/mol. The number of carbonyl (C=O) groups is 1. The SMILES string of the molecule is CC1=C(C(=O)Nc2ccccc2C)[C@H](c2cccs2)n2c(s/c(=C/c3cccs3)c2=O)=N1. The molecule has 0 saturated heterocycles. The summed E-state index contributed by atoms with van der Waals surface area (Å²) in [6.45, 7) is 3.79. The minimum absolute atomic E-state index is 0.130. The number of fused-ring (bicyclic) bond motifs is 1. The molecular weight excluding hydrogens is 458 g/mol. The van der Waals surface area contributed by atoms with E-state index in [1.807, 2.05) is 79.2 Å². The fourth-order valence-corrected chi connectivity index (χ4v) is 6.33. The molecule has 0 spiro atoms. The molecule has 1 aliphatic heterocycles. The summed E-state index contributed by atoms with van der Waals surface area (Å²) in [5.41, 5.74) is 2.71. The van der Waals surface area contributed by atoms with Gasteiger partial charge in [0.15, 0.2) is 4.80 Å². The average Bonchev–Trinajstić information content (AvgIpc) is 3.52. The van der Waals surface area contributed by atoms with Gasteiger partial charge in [0.25, 0.3) is 11.5 Å². The highest BCUT2D eigenvalue weighted by molar-refractivity contribution is 7.11. The van der Waals surface area contributed by atoms with E-state index >= 15 is 0 Å². The van der Waals surface area contributed by atoms with Crippen LogP contribution in [0.25, 0.3) is 6.08 Å². The standard InChI is InChI=1S/C24H19N3O2S3/c1-14-7-3-4-9-17(14)26-22(28)20-15(2)25-24-27(21(20)18-10-6-12-31-18)23(29)19(32-24)13-16-8-5-11-30-16/h3-13,21H,1-2H3,(H,26,28)/b19-13+/t21-/m0/s1. The average molecular weight is 478 g/mol. The van der Waals surface area contributed by atoms with Gasteiger partial charge in [0.05, 0.1) is 15.8 Å². The Labute approximate surface area is 196 Å². The first-order valence-electron chi connectivity index (χ1n) is 9.99. The number of allylic oxidation sites excluding steroid dienone is 1. The van der Waals surface area contributed by atoms with Crippen molar-refractivity contribution in [1.29, 1.82) is 0 Å². The molecule has 1 N–H and O–H groups in total. The van der Waals surface area contributed by atoms with Crippen LogP contribution in [0.1, 0.15) is 28.3 Å². The van der Waals surface area contributed by atoms with Gasteiger partial charge in [0, 0.05) is 15.4 Å². The molecule has 3 aromatic heterocycles. The number of anilines is 1. The largest absolute Gasteiger partial charge is 0.322 e. The Morgan fingerprint density at radius 3 is 2.56 bits per heavy atom. The predicted octanol–water partition coefficient (Wildman–Crippen LogP) is 4.31. The molecule has 0 fully saturated rings. The molecule has 0 aliphatic carbocycles. The maximum absolute atomic E-state index is 13.5. The number of hydrogen-bond donors (Lipinski definition) is 1. The third-order valence-corrected chi connectivity index (χ3v) is 8.02. The topological polar surface area (TPSA) is 63.5 Å². The lowest BCUT2D eigenvalue weighted by atomic mass is 10.0. The van der Waals surface area contributed by atoms with E-state index < -0.39 is 6.04 Å². The van der Waals surface area contributed by atoms with Crippen molar-refractivity contribution in [3.63, 3.8) is 0 Å². The fourth-order valence-electron chi connectivity index (χ4n) is 3.73. The minimum atomic E-state index is -0.513. The molecule has 5 nitrogen and oxygen atoms in total. The van der Waals surface area contributed by atoms with Gasteiger partial charge < -0.3 is 5.32 Å². The van der Waals surface area contributed by atoms with Gasteiger partial charge in [-0.1, -0.05) is 41.7 Å². The van der Waals surface area contributed by atoms with E-state index in [1.54, 1.807) is 15.9 Å². The number of hydrogen-bond acceptors (Lipinski definition) is 6. The summed E-state index contributed by atoms with van der Waals surface area (Å²) in [5.74, 6) is -0.244. The van der Waals surface area contributed by atoms with Crippen LogP contribution in [0.2, 0.25) is 0 Å². The molecule has 160 valence electrons. The highest BCUT2D eigenvalue weighted by atomic mass is 32.1. The number of para-hydroxylation sites is 1. The lowest BCUT2D eigenvalue weighted by Crippen LogP contribution is -2.40. The number of aromatic nitrogens is 1. The molecule has 8 heteroatoms. The molecule has 5 rings (SSSR count). The molecule has 1 aliphatic rings. The van der Waals surface area contributed by atoms with Gasteiger partial charge in [-0.05, 0) is 54.4 Å². The van der Waals surface area contributed by atoms with E-state index in [9.17, 15) is 9.59 Å². The van der Waals surface area contributed by atoms with Crippen molar-refractivity contribution >= 4 is 51.7 Å². The van der Waals surface area contributed by atoms with Crippen molar-refractivity contribution in [3.05, 3.63) is 106 Å². The van der Waals surface area contributed by atoms with Crippen LogP contribution in [0.15, 0.2) is 80.3 Å². The zero-order valence-corrected chi connectivity index (χ0v) is 19.8. The zero-order chi connectivity index (χ0) is 22.2. The van der Waals surface area contributed by atoms with Gasteiger partial charge in [-0.25, -0.2) is 4.99 Å². The van der Waals surface area contributed by atoms with Crippen molar-refractivity contribution in [2.45, 2.75) is 19.9 Å². The van der Waals surface area contributed by atoms with Crippen molar-refractivity contribution in [1.82, 2.24) is 4.57 Å². The molecule has 0 unspecified atom stereocenters. The van der Waals surface area contributed by atoms with Gasteiger partial charge in [0.1, 0.15) is 6.04 Å². The maximum Gasteiger partial charge on any atom is 0.271 e. The number of thiophene rings is 2. The summed E-state index contributed by atoms with van der Waals surface area (Å²) in [5, 5.41) is 6.97. The summed E-state index contributed by atoms with van der Waals surface area (Å²) in [6, 6.07) is 15.0. The van der Waals surface area contributed by atoms with E-state index in [4.69, 9.17) is 0 Å². The quantitative estimate of drug-likeness (QED) is 0.476. The van der Waals surface area contributed by atoms with Crippen LogP contribution in [0.3, 0.4) is 0 Å². The minimum Gasteiger partial charge on any atom is -0.322 e. The van der Waals surface area contributed by atoms with Crippen LogP contribution in [0.5, 0.6) is 0 Å². The second-order valence-corrected chi connectivity index (χ2v) is 10.3. The lowest BCUT2D eigenvalue weighted by molar-refractivity contribution is -0.113. The van der Waals surface area contributed by atoms with Crippen molar-refractivity contribution in [2.75, 3.05) is 5.32 Å². The molecule has 4 heterocycles. The smallest absolute Gasteiger partial charge is 0.271 e. The number of carbonyl (C=O) groups excluding carboxylic acids is 1. The second kappa shape index (κ2) is 8.46. The number of nitrogens with zero attached hydrogens (tertiary/aromatic N) is 2. The molecule has 1 aromatic carbocycles. The Kier molecular flexibility index (Phi) is 5.50. The number of benzene rings is 1. The molecule has 0 saturated carbocycles. The van der Waals surface area contributed by atoms with Crippen LogP contribution in [-0.4, -0.2) is 10.5 Å².